The molecular weight excluding hydrogens is 336 g/mol. The van der Waals surface area contributed by atoms with Crippen LogP contribution in [0, 0.1) is 17.0 Å². The number of thiocarbonyl (C=S) groups is 1. The molecule has 0 unspecified atom stereocenters. The number of aryl methyl sites for hydroxylation is 1. The summed E-state index contributed by atoms with van der Waals surface area (Å²) in [5.74, 6) is 0.836. The SMILES string of the molecule is Cc1cc(-c2ccc(C=C3SC(=S)NC3=O)o2)ccc1[N+](=O)[O-]. The van der Waals surface area contributed by atoms with E-state index in [0.29, 0.717) is 26.3 Å². The highest BCUT2D eigenvalue weighted by Crippen LogP contribution is 2.30. The number of nitrogens with zero attached hydrogens (tertiary/aromatic N) is 1. The van der Waals surface area contributed by atoms with Gasteiger partial charge >= 0.3 is 0 Å². The Kier molecular flexibility index (Phi) is 4.01. The molecule has 1 N–H and O–H groups in total. The van der Waals surface area contributed by atoms with E-state index in [4.69, 9.17) is 16.6 Å². The molecular formula is C15H10N2O4S2. The van der Waals surface area contributed by atoms with Crippen LogP contribution in [0.25, 0.3) is 17.4 Å². The van der Waals surface area contributed by atoms with Gasteiger partial charge in [-0.2, -0.15) is 0 Å². The van der Waals surface area contributed by atoms with Crippen LogP contribution in [-0.4, -0.2) is 15.2 Å². The Balaban J connectivity index is 1.89. The summed E-state index contributed by atoms with van der Waals surface area (Å²) < 4.78 is 6.10. The number of benzene rings is 1. The van der Waals surface area contributed by atoms with Gasteiger partial charge in [0, 0.05) is 23.3 Å². The highest BCUT2D eigenvalue weighted by Gasteiger charge is 2.22. The minimum absolute atomic E-state index is 0.0650. The van der Waals surface area contributed by atoms with Gasteiger partial charge in [-0.15, -0.1) is 0 Å². The van der Waals surface area contributed by atoms with Crippen molar-refractivity contribution in [2.45, 2.75) is 6.92 Å². The van der Waals surface area contributed by atoms with Gasteiger partial charge in [-0.25, -0.2) is 0 Å². The predicted octanol–water partition coefficient (Wildman–Crippen LogP) is 3.65. The summed E-state index contributed by atoms with van der Waals surface area (Å²) in [6.07, 6.45) is 1.61. The number of nitro groups is 1. The maximum Gasteiger partial charge on any atom is 0.272 e. The smallest absolute Gasteiger partial charge is 0.272 e. The predicted molar refractivity (Wildman–Crippen MR) is 91.8 cm³/mol. The van der Waals surface area contributed by atoms with E-state index in [0.717, 1.165) is 5.56 Å². The first-order valence-electron chi connectivity index (χ1n) is 6.54. The molecule has 8 heteroatoms. The van der Waals surface area contributed by atoms with Crippen LogP contribution in [0.1, 0.15) is 11.3 Å². The van der Waals surface area contributed by atoms with Gasteiger partial charge < -0.3 is 9.73 Å². The number of thioether (sulfide) groups is 1. The third-order valence-corrected chi connectivity index (χ3v) is 4.38. The second-order valence-electron chi connectivity index (χ2n) is 4.81. The minimum Gasteiger partial charge on any atom is -0.457 e. The van der Waals surface area contributed by atoms with Crippen molar-refractivity contribution in [2.24, 2.45) is 0 Å². The molecule has 0 saturated carbocycles. The Hall–Kier alpha value is -2.45. The Bertz CT molecular complexity index is 870. The lowest BCUT2D eigenvalue weighted by Crippen LogP contribution is -2.17. The fraction of sp³-hybridized carbons (Fsp3) is 0.0667. The molecule has 0 spiro atoms. The molecule has 0 atom stereocenters. The van der Waals surface area contributed by atoms with Crippen LogP contribution in [0.15, 0.2) is 39.7 Å². The lowest BCUT2D eigenvalue weighted by molar-refractivity contribution is -0.385. The topological polar surface area (TPSA) is 85.4 Å². The van der Waals surface area contributed by atoms with Crippen LogP contribution < -0.4 is 5.32 Å². The summed E-state index contributed by atoms with van der Waals surface area (Å²) in [5.41, 5.74) is 1.35. The Morgan fingerprint density at radius 1 is 1.35 bits per heavy atom. The minimum atomic E-state index is -0.421. The molecule has 1 aromatic heterocycles. The van der Waals surface area contributed by atoms with Gasteiger partial charge in [0.1, 0.15) is 15.8 Å². The summed E-state index contributed by atoms with van der Waals surface area (Å²) in [6.45, 7) is 1.67. The van der Waals surface area contributed by atoms with Crippen molar-refractivity contribution in [3.05, 3.63) is 56.7 Å². The van der Waals surface area contributed by atoms with Gasteiger partial charge in [0.15, 0.2) is 0 Å². The van der Waals surface area contributed by atoms with Crippen molar-refractivity contribution in [1.82, 2.24) is 5.32 Å². The van der Waals surface area contributed by atoms with Crippen LogP contribution >= 0.6 is 24.0 Å². The first-order valence-corrected chi connectivity index (χ1v) is 7.76. The van der Waals surface area contributed by atoms with Gasteiger partial charge in [-0.05, 0) is 31.2 Å². The molecule has 23 heavy (non-hydrogen) atoms. The van der Waals surface area contributed by atoms with E-state index < -0.39 is 4.92 Å². The molecule has 3 rings (SSSR count). The number of carbonyl (C=O) groups excluding carboxylic acids is 1. The third kappa shape index (κ3) is 3.17. The number of carbonyl (C=O) groups is 1. The van der Waals surface area contributed by atoms with Gasteiger partial charge in [0.2, 0.25) is 0 Å². The number of nitrogens with one attached hydrogen (secondary N) is 1. The molecule has 1 saturated heterocycles. The Labute approximate surface area is 140 Å². The molecule has 1 fully saturated rings. The number of furan rings is 1. The van der Waals surface area contributed by atoms with Crippen molar-refractivity contribution in [2.75, 3.05) is 0 Å². The van der Waals surface area contributed by atoms with Crippen molar-refractivity contribution < 1.29 is 14.1 Å². The monoisotopic (exact) mass is 346 g/mol. The molecule has 1 aromatic carbocycles. The van der Waals surface area contributed by atoms with Crippen LogP contribution in [0.4, 0.5) is 5.69 Å². The van der Waals surface area contributed by atoms with Crippen molar-refractivity contribution in [1.29, 1.82) is 0 Å². The second-order valence-corrected chi connectivity index (χ2v) is 6.53. The molecule has 116 valence electrons. The zero-order chi connectivity index (χ0) is 16.6. The Morgan fingerprint density at radius 3 is 2.74 bits per heavy atom. The average molecular weight is 346 g/mol. The van der Waals surface area contributed by atoms with Crippen molar-refractivity contribution in [3.63, 3.8) is 0 Å². The number of nitro benzene ring substituents is 1. The summed E-state index contributed by atoms with van der Waals surface area (Å²) in [7, 11) is 0. The number of hydrogen-bond acceptors (Lipinski definition) is 6. The lowest BCUT2D eigenvalue weighted by atomic mass is 10.1. The maximum absolute atomic E-state index is 11.6. The number of rotatable bonds is 3. The van der Waals surface area contributed by atoms with E-state index in [1.165, 1.54) is 17.8 Å². The molecule has 1 aliphatic rings. The lowest BCUT2D eigenvalue weighted by Gasteiger charge is -2.00. The van der Waals surface area contributed by atoms with Gasteiger partial charge in [0.05, 0.1) is 9.83 Å². The van der Waals surface area contributed by atoms with E-state index in [9.17, 15) is 14.9 Å². The molecule has 0 aliphatic carbocycles. The van der Waals surface area contributed by atoms with Crippen molar-refractivity contribution >= 4 is 46.0 Å². The first-order chi connectivity index (χ1) is 10.9. The van der Waals surface area contributed by atoms with Gasteiger partial charge in [-0.1, -0.05) is 24.0 Å². The highest BCUT2D eigenvalue weighted by molar-refractivity contribution is 8.26. The molecule has 0 radical (unpaired) electrons. The highest BCUT2D eigenvalue weighted by atomic mass is 32.2. The number of amides is 1. The van der Waals surface area contributed by atoms with Crippen LogP contribution in [0.5, 0.6) is 0 Å². The van der Waals surface area contributed by atoms with E-state index in [1.54, 1.807) is 37.3 Å². The van der Waals surface area contributed by atoms with Crippen molar-refractivity contribution in [3.8, 4) is 11.3 Å². The Morgan fingerprint density at radius 2 is 2.13 bits per heavy atom. The van der Waals surface area contributed by atoms with E-state index in [-0.39, 0.29) is 11.6 Å². The maximum atomic E-state index is 11.6. The molecule has 2 aromatic rings. The standard InChI is InChI=1S/C15H10N2O4S2/c1-8-6-9(2-4-11(8)17(19)20)12-5-3-10(21-12)7-13-14(18)16-15(22)23-13/h2-7H,1H3,(H,16,18,22). The summed E-state index contributed by atoms with van der Waals surface area (Å²) in [6, 6.07) is 8.26. The first kappa shape index (κ1) is 15.4. The molecule has 1 amide bonds. The third-order valence-electron chi connectivity index (χ3n) is 3.22. The normalized spacial score (nSPS) is 16.0. The van der Waals surface area contributed by atoms with Crippen LogP contribution in [0.2, 0.25) is 0 Å². The zero-order valence-corrected chi connectivity index (χ0v) is 13.5. The fourth-order valence-corrected chi connectivity index (χ4v) is 3.17. The molecule has 1 aliphatic heterocycles. The van der Waals surface area contributed by atoms with E-state index in [2.05, 4.69) is 5.32 Å². The van der Waals surface area contributed by atoms with Gasteiger partial charge in [-0.3, -0.25) is 14.9 Å². The molecule has 0 bridgehead atoms. The fourth-order valence-electron chi connectivity index (χ4n) is 2.15. The van der Waals surface area contributed by atoms with E-state index in [1.807, 2.05) is 0 Å². The average Bonchev–Trinajstić information content (AvgIpc) is 3.06. The van der Waals surface area contributed by atoms with Crippen LogP contribution in [0.3, 0.4) is 0 Å². The molecule has 6 nitrogen and oxygen atoms in total. The quantitative estimate of drug-likeness (QED) is 0.395. The summed E-state index contributed by atoms with van der Waals surface area (Å²) >= 11 is 6.10. The summed E-state index contributed by atoms with van der Waals surface area (Å²) in [4.78, 5) is 22.5. The van der Waals surface area contributed by atoms with Gasteiger partial charge in [0.25, 0.3) is 11.6 Å². The summed E-state index contributed by atoms with van der Waals surface area (Å²) in [5, 5.41) is 13.4. The van der Waals surface area contributed by atoms with E-state index >= 15 is 0 Å². The largest absolute Gasteiger partial charge is 0.457 e. The number of hydrogen-bond donors (Lipinski definition) is 1. The zero-order valence-electron chi connectivity index (χ0n) is 11.9. The van der Waals surface area contributed by atoms with Crippen LogP contribution in [-0.2, 0) is 4.79 Å². The second kappa shape index (κ2) is 5.98. The molecule has 2 heterocycles.